The Morgan fingerprint density at radius 3 is 1.76 bits per heavy atom. The third-order valence-corrected chi connectivity index (χ3v) is 13.6. The van der Waals surface area contributed by atoms with Gasteiger partial charge in [0.15, 0.2) is 5.58 Å². The third-order valence-electron chi connectivity index (χ3n) is 13.6. The Bertz CT molecular complexity index is 3010. The monoisotopic (exact) mass is 761 g/mol. The van der Waals surface area contributed by atoms with E-state index in [0.29, 0.717) is 0 Å². The molecule has 2 heteroatoms. The fraction of sp³-hybridized carbons (Fsp3) is 0.158. The van der Waals surface area contributed by atoms with Crippen molar-refractivity contribution >= 4 is 39.0 Å². The highest BCUT2D eigenvalue weighted by molar-refractivity contribution is 6.11. The average Bonchev–Trinajstić information content (AvgIpc) is 3.80. The van der Waals surface area contributed by atoms with Gasteiger partial charge in [-0.2, -0.15) is 0 Å². The second-order valence-corrected chi connectivity index (χ2v) is 17.9. The number of rotatable bonds is 6. The van der Waals surface area contributed by atoms with Crippen molar-refractivity contribution in [1.82, 2.24) is 0 Å². The molecule has 11 rings (SSSR count). The second-order valence-electron chi connectivity index (χ2n) is 17.9. The van der Waals surface area contributed by atoms with E-state index in [1.807, 2.05) is 0 Å². The van der Waals surface area contributed by atoms with E-state index in [1.165, 1.54) is 62.1 Å². The van der Waals surface area contributed by atoms with Crippen molar-refractivity contribution < 1.29 is 4.42 Å². The summed E-state index contributed by atoms with van der Waals surface area (Å²) in [4.78, 5) is 2.46. The maximum absolute atomic E-state index is 6.86. The van der Waals surface area contributed by atoms with Gasteiger partial charge in [0, 0.05) is 22.0 Å². The Labute approximate surface area is 347 Å². The molecule has 0 N–H and O–H groups in total. The summed E-state index contributed by atoms with van der Waals surface area (Å²) < 4.78 is 6.86. The molecule has 0 fully saturated rings. The molecule has 0 aliphatic heterocycles. The zero-order chi connectivity index (χ0) is 39.9. The van der Waals surface area contributed by atoms with Gasteiger partial charge in [0.25, 0.3) is 0 Å². The minimum absolute atomic E-state index is 0.0547. The summed E-state index contributed by atoms with van der Waals surface area (Å²) in [5.41, 5.74) is 17.5. The van der Waals surface area contributed by atoms with Gasteiger partial charge < -0.3 is 9.32 Å². The summed E-state index contributed by atoms with van der Waals surface area (Å²) in [6, 6.07) is 69.5. The van der Waals surface area contributed by atoms with Crippen molar-refractivity contribution in [2.45, 2.75) is 56.8 Å². The van der Waals surface area contributed by atoms with Gasteiger partial charge in [-0.05, 0) is 110 Å². The van der Waals surface area contributed by atoms with Crippen LogP contribution in [-0.4, -0.2) is 0 Å². The number of nitrogens with zero attached hydrogens (tertiary/aromatic N) is 1. The van der Waals surface area contributed by atoms with Crippen molar-refractivity contribution in [3.63, 3.8) is 0 Å². The second kappa shape index (κ2) is 13.2. The highest BCUT2D eigenvalue weighted by Gasteiger charge is 2.47. The molecule has 0 saturated heterocycles. The smallest absolute Gasteiger partial charge is 0.159 e. The van der Waals surface area contributed by atoms with Crippen molar-refractivity contribution in [2.24, 2.45) is 0 Å². The number of anilines is 3. The first-order valence-corrected chi connectivity index (χ1v) is 21.1. The highest BCUT2D eigenvalue weighted by Crippen LogP contribution is 2.59. The lowest BCUT2D eigenvalue weighted by Gasteiger charge is -2.42. The molecular formula is C57H47NO. The molecule has 0 spiro atoms. The third kappa shape index (κ3) is 5.32. The van der Waals surface area contributed by atoms with Crippen LogP contribution in [0.1, 0.15) is 73.9 Å². The minimum atomic E-state index is -0.558. The summed E-state index contributed by atoms with van der Waals surface area (Å²) in [5, 5.41) is 2.23. The zero-order valence-electron chi connectivity index (χ0n) is 34.2. The Morgan fingerprint density at radius 2 is 1.03 bits per heavy atom. The van der Waals surface area contributed by atoms with Crippen LogP contribution in [0.25, 0.3) is 44.2 Å². The standard InChI is InChI=1S/C57H47NO/c1-55(2)33-34-56(3,4)50-35-38(31-32-48(50)55)45-36-46-42-25-14-16-28-47(42)57(39-19-8-5-9-20-39,40-21-10-6-11-22-40)49(46)37-52(45)58(41-23-12-7-13-24-41)51-29-18-27-44-43-26-15-17-30-53(43)59-54(44)51/h5-32,35-37H,33-34H2,1-4H3. The van der Waals surface area contributed by atoms with Crippen LogP contribution in [0.2, 0.25) is 0 Å². The summed E-state index contributed by atoms with van der Waals surface area (Å²) in [6.45, 7) is 9.68. The van der Waals surface area contributed by atoms with Crippen LogP contribution in [0.3, 0.4) is 0 Å². The largest absolute Gasteiger partial charge is 0.454 e. The van der Waals surface area contributed by atoms with Crippen molar-refractivity contribution in [3.8, 4) is 22.3 Å². The molecule has 0 atom stereocenters. The first-order chi connectivity index (χ1) is 28.8. The quantitative estimate of drug-likeness (QED) is 0.168. The Balaban J connectivity index is 1.29. The van der Waals surface area contributed by atoms with Crippen molar-refractivity contribution in [1.29, 1.82) is 0 Å². The van der Waals surface area contributed by atoms with Gasteiger partial charge in [0.1, 0.15) is 5.58 Å². The topological polar surface area (TPSA) is 16.4 Å². The molecule has 1 heterocycles. The maximum Gasteiger partial charge on any atom is 0.159 e. The molecular weight excluding hydrogens is 715 g/mol. The number of fused-ring (bicyclic) bond motifs is 7. The molecule has 59 heavy (non-hydrogen) atoms. The number of furan rings is 1. The predicted molar refractivity (Wildman–Crippen MR) is 246 cm³/mol. The average molecular weight is 762 g/mol. The lowest BCUT2D eigenvalue weighted by Crippen LogP contribution is -2.33. The van der Waals surface area contributed by atoms with Crippen LogP contribution in [-0.2, 0) is 16.2 Å². The fourth-order valence-corrected chi connectivity index (χ4v) is 10.5. The van der Waals surface area contributed by atoms with Crippen LogP contribution in [0.15, 0.2) is 192 Å². The molecule has 2 aliphatic carbocycles. The van der Waals surface area contributed by atoms with Gasteiger partial charge in [0.05, 0.1) is 16.8 Å². The number of para-hydroxylation sites is 3. The van der Waals surface area contributed by atoms with Gasteiger partial charge in [-0.15, -0.1) is 0 Å². The lowest BCUT2D eigenvalue weighted by atomic mass is 9.63. The Hall–Kier alpha value is -6.64. The van der Waals surface area contributed by atoms with E-state index >= 15 is 0 Å². The molecule has 0 amide bonds. The normalized spacial score (nSPS) is 15.7. The van der Waals surface area contributed by atoms with Gasteiger partial charge in [-0.1, -0.05) is 179 Å². The summed E-state index contributed by atoms with van der Waals surface area (Å²) in [5.74, 6) is 0. The first-order valence-electron chi connectivity index (χ1n) is 21.1. The van der Waals surface area contributed by atoms with Gasteiger partial charge in [0.2, 0.25) is 0 Å². The van der Waals surface area contributed by atoms with E-state index in [-0.39, 0.29) is 10.8 Å². The van der Waals surface area contributed by atoms with Gasteiger partial charge >= 0.3 is 0 Å². The summed E-state index contributed by atoms with van der Waals surface area (Å²) >= 11 is 0. The van der Waals surface area contributed by atoms with E-state index < -0.39 is 5.41 Å². The maximum atomic E-state index is 6.86. The lowest BCUT2D eigenvalue weighted by molar-refractivity contribution is 0.332. The number of hydrogen-bond acceptors (Lipinski definition) is 2. The molecule has 1 aromatic heterocycles. The molecule has 2 aliphatic rings. The van der Waals surface area contributed by atoms with Crippen LogP contribution in [0, 0.1) is 0 Å². The fourth-order valence-electron chi connectivity index (χ4n) is 10.5. The SMILES string of the molecule is CC1(C)CCC(C)(C)c2cc(-c3cc4c(cc3N(c3ccccc3)c3cccc5c3oc3ccccc35)C(c3ccccc3)(c3ccccc3)c3ccccc3-4)ccc21. The number of benzene rings is 8. The zero-order valence-corrected chi connectivity index (χ0v) is 34.2. The molecule has 0 radical (unpaired) electrons. The summed E-state index contributed by atoms with van der Waals surface area (Å²) in [7, 11) is 0. The van der Waals surface area contributed by atoms with Crippen LogP contribution < -0.4 is 4.90 Å². The van der Waals surface area contributed by atoms with Crippen LogP contribution >= 0.6 is 0 Å². The Kier molecular flexibility index (Phi) is 7.94. The molecule has 0 bridgehead atoms. The number of hydrogen-bond donors (Lipinski definition) is 0. The molecule has 2 nitrogen and oxygen atoms in total. The van der Waals surface area contributed by atoms with E-state index in [4.69, 9.17) is 4.42 Å². The highest BCUT2D eigenvalue weighted by atomic mass is 16.3. The molecule has 9 aromatic rings. The van der Waals surface area contributed by atoms with E-state index in [9.17, 15) is 0 Å². The van der Waals surface area contributed by atoms with Gasteiger partial charge in [-0.3, -0.25) is 0 Å². The first kappa shape index (κ1) is 35.5. The minimum Gasteiger partial charge on any atom is -0.454 e. The van der Waals surface area contributed by atoms with Crippen molar-refractivity contribution in [2.75, 3.05) is 4.90 Å². The molecule has 286 valence electrons. The molecule has 8 aromatic carbocycles. The Morgan fingerprint density at radius 1 is 0.424 bits per heavy atom. The molecule has 0 saturated carbocycles. The van der Waals surface area contributed by atoms with E-state index in [0.717, 1.165) is 45.4 Å². The summed E-state index contributed by atoms with van der Waals surface area (Å²) in [6.07, 6.45) is 2.33. The van der Waals surface area contributed by atoms with Gasteiger partial charge in [-0.25, -0.2) is 0 Å². The van der Waals surface area contributed by atoms with E-state index in [2.05, 4.69) is 221 Å². The van der Waals surface area contributed by atoms with Crippen LogP contribution in [0.4, 0.5) is 17.1 Å². The predicted octanol–water partition coefficient (Wildman–Crippen LogP) is 15.4. The van der Waals surface area contributed by atoms with E-state index in [1.54, 1.807) is 0 Å². The van der Waals surface area contributed by atoms with Crippen molar-refractivity contribution in [3.05, 3.63) is 221 Å². The molecule has 0 unspecified atom stereocenters. The van der Waals surface area contributed by atoms with Crippen LogP contribution in [0.5, 0.6) is 0 Å².